The van der Waals surface area contributed by atoms with Crippen molar-refractivity contribution in [2.45, 2.75) is 32.9 Å². The van der Waals surface area contributed by atoms with Crippen molar-refractivity contribution in [3.8, 4) is 0 Å². The average molecular weight is 343 g/mol. The molecule has 0 amide bonds. The number of nitrogens with one attached hydrogen (secondary N) is 1. The van der Waals surface area contributed by atoms with Gasteiger partial charge in [0.1, 0.15) is 5.76 Å². The maximum Gasteiger partial charge on any atom is 0.208 e. The Morgan fingerprint density at radius 1 is 1.27 bits per heavy atom. The molecule has 0 saturated carbocycles. The lowest BCUT2D eigenvalue weighted by Crippen LogP contribution is -2.22. The number of aromatic nitrogens is 1. The van der Waals surface area contributed by atoms with Gasteiger partial charge in [-0.25, -0.2) is 4.98 Å². The number of benzene rings is 1. The molecule has 1 unspecified atom stereocenters. The molecule has 6 heteroatoms. The van der Waals surface area contributed by atoms with Crippen molar-refractivity contribution < 1.29 is 9.15 Å². The number of hydrogen-bond donors (Lipinski definition) is 1. The van der Waals surface area contributed by atoms with E-state index in [9.17, 15) is 0 Å². The van der Waals surface area contributed by atoms with Gasteiger partial charge in [0.2, 0.25) is 5.89 Å². The van der Waals surface area contributed by atoms with Crippen LogP contribution in [0, 0.1) is 13.8 Å². The van der Waals surface area contributed by atoms with E-state index < -0.39 is 0 Å². The van der Waals surface area contributed by atoms with Crippen molar-refractivity contribution in [3.63, 3.8) is 0 Å². The first-order valence-electron chi connectivity index (χ1n) is 7.11. The van der Waals surface area contributed by atoms with E-state index in [-0.39, 0.29) is 6.04 Å². The Balaban J connectivity index is 2.09. The standard InChI is InChI=1S/C16H20Cl2N2O2/c1-10-11(2)22-16(20-10)9-19-15(6-7-21-3)12-4-5-13(17)14(18)8-12/h4-5,8,15,19H,6-7,9H2,1-3H3. The molecule has 0 bridgehead atoms. The lowest BCUT2D eigenvalue weighted by molar-refractivity contribution is 0.182. The highest BCUT2D eigenvalue weighted by Crippen LogP contribution is 2.27. The largest absolute Gasteiger partial charge is 0.444 e. The van der Waals surface area contributed by atoms with E-state index in [2.05, 4.69) is 10.3 Å². The third-order valence-electron chi connectivity index (χ3n) is 3.53. The van der Waals surface area contributed by atoms with Gasteiger partial charge < -0.3 is 14.5 Å². The van der Waals surface area contributed by atoms with Gasteiger partial charge >= 0.3 is 0 Å². The number of hydrogen-bond acceptors (Lipinski definition) is 4. The van der Waals surface area contributed by atoms with E-state index in [0.29, 0.717) is 29.1 Å². The smallest absolute Gasteiger partial charge is 0.208 e. The van der Waals surface area contributed by atoms with Crippen LogP contribution in [0.2, 0.25) is 10.0 Å². The second-order valence-corrected chi connectivity index (χ2v) is 5.95. The van der Waals surface area contributed by atoms with Crippen LogP contribution >= 0.6 is 23.2 Å². The SMILES string of the molecule is COCCC(NCc1nc(C)c(C)o1)c1ccc(Cl)c(Cl)c1. The molecule has 0 fully saturated rings. The molecule has 1 heterocycles. The molecule has 4 nitrogen and oxygen atoms in total. The summed E-state index contributed by atoms with van der Waals surface area (Å²) in [7, 11) is 1.69. The summed E-state index contributed by atoms with van der Waals surface area (Å²) < 4.78 is 10.8. The van der Waals surface area contributed by atoms with Crippen LogP contribution in [0.3, 0.4) is 0 Å². The lowest BCUT2D eigenvalue weighted by atomic mass is 10.0. The fraction of sp³-hybridized carbons (Fsp3) is 0.438. The van der Waals surface area contributed by atoms with Gasteiger partial charge in [-0.15, -0.1) is 0 Å². The molecule has 2 rings (SSSR count). The number of aryl methyl sites for hydroxylation is 2. The Bertz CT molecular complexity index is 609. The molecular weight excluding hydrogens is 323 g/mol. The summed E-state index contributed by atoms with van der Waals surface area (Å²) in [4.78, 5) is 4.38. The van der Waals surface area contributed by atoms with E-state index in [0.717, 1.165) is 23.4 Å². The number of nitrogens with zero attached hydrogens (tertiary/aromatic N) is 1. The molecular formula is C16H20Cl2N2O2. The van der Waals surface area contributed by atoms with Crippen LogP contribution in [0.25, 0.3) is 0 Å². The third-order valence-corrected chi connectivity index (χ3v) is 4.27. The van der Waals surface area contributed by atoms with Gasteiger partial charge in [0, 0.05) is 19.8 Å². The summed E-state index contributed by atoms with van der Waals surface area (Å²) in [5.41, 5.74) is 1.98. The summed E-state index contributed by atoms with van der Waals surface area (Å²) in [5.74, 6) is 1.53. The lowest BCUT2D eigenvalue weighted by Gasteiger charge is -2.18. The molecule has 2 aromatic rings. The van der Waals surface area contributed by atoms with Crippen LogP contribution in [-0.4, -0.2) is 18.7 Å². The van der Waals surface area contributed by atoms with Gasteiger partial charge in [0.05, 0.1) is 22.3 Å². The highest BCUT2D eigenvalue weighted by molar-refractivity contribution is 6.42. The van der Waals surface area contributed by atoms with Crippen molar-refractivity contribution >= 4 is 23.2 Å². The van der Waals surface area contributed by atoms with Crippen LogP contribution in [0.15, 0.2) is 22.6 Å². The number of halogens is 2. The zero-order chi connectivity index (χ0) is 16.1. The molecule has 1 atom stereocenters. The van der Waals surface area contributed by atoms with E-state index in [1.807, 2.05) is 26.0 Å². The topological polar surface area (TPSA) is 47.3 Å². The third kappa shape index (κ3) is 4.46. The highest BCUT2D eigenvalue weighted by Gasteiger charge is 2.14. The van der Waals surface area contributed by atoms with E-state index in [1.54, 1.807) is 13.2 Å². The predicted octanol–water partition coefficient (Wildman–Crippen LogP) is 4.47. The van der Waals surface area contributed by atoms with Crippen LogP contribution in [0.1, 0.15) is 35.4 Å². The van der Waals surface area contributed by atoms with Gasteiger partial charge in [0.25, 0.3) is 0 Å². The summed E-state index contributed by atoms with van der Waals surface area (Å²) in [6.07, 6.45) is 0.813. The van der Waals surface area contributed by atoms with Crippen LogP contribution in [0.4, 0.5) is 0 Å². The maximum atomic E-state index is 6.11. The Morgan fingerprint density at radius 3 is 2.64 bits per heavy atom. The van der Waals surface area contributed by atoms with Crippen molar-refractivity contribution in [2.75, 3.05) is 13.7 Å². The van der Waals surface area contributed by atoms with Crippen molar-refractivity contribution in [1.82, 2.24) is 10.3 Å². The first kappa shape index (κ1) is 17.3. The molecule has 0 saturated heterocycles. The van der Waals surface area contributed by atoms with Gasteiger partial charge in [0.15, 0.2) is 0 Å². The normalized spacial score (nSPS) is 12.6. The average Bonchev–Trinajstić information content (AvgIpc) is 2.81. The second-order valence-electron chi connectivity index (χ2n) is 5.14. The minimum atomic E-state index is 0.0854. The van der Waals surface area contributed by atoms with Gasteiger partial charge in [-0.1, -0.05) is 29.3 Å². The van der Waals surface area contributed by atoms with E-state index in [1.165, 1.54) is 0 Å². The number of rotatable bonds is 7. The van der Waals surface area contributed by atoms with Crippen LogP contribution in [-0.2, 0) is 11.3 Å². The summed E-state index contributed by atoms with van der Waals surface area (Å²) >= 11 is 12.1. The van der Waals surface area contributed by atoms with Crippen molar-refractivity contribution in [3.05, 3.63) is 51.2 Å². The predicted molar refractivity (Wildman–Crippen MR) is 88.5 cm³/mol. The Morgan fingerprint density at radius 2 is 2.05 bits per heavy atom. The molecule has 0 radical (unpaired) electrons. The molecule has 0 aliphatic rings. The highest BCUT2D eigenvalue weighted by atomic mass is 35.5. The number of methoxy groups -OCH3 is 1. The molecule has 1 N–H and O–H groups in total. The number of ether oxygens (including phenoxy) is 1. The van der Waals surface area contributed by atoms with Gasteiger partial charge in [-0.3, -0.25) is 0 Å². The monoisotopic (exact) mass is 342 g/mol. The summed E-state index contributed by atoms with van der Waals surface area (Å²) in [5, 5.41) is 4.53. The van der Waals surface area contributed by atoms with Crippen molar-refractivity contribution in [1.29, 1.82) is 0 Å². The van der Waals surface area contributed by atoms with Crippen LogP contribution < -0.4 is 5.32 Å². The van der Waals surface area contributed by atoms with Gasteiger partial charge in [-0.05, 0) is 38.0 Å². The molecule has 0 spiro atoms. The zero-order valence-corrected chi connectivity index (χ0v) is 14.5. The maximum absolute atomic E-state index is 6.11. The Kier molecular flexibility index (Phi) is 6.26. The fourth-order valence-corrected chi connectivity index (χ4v) is 2.48. The molecule has 22 heavy (non-hydrogen) atoms. The molecule has 0 aliphatic carbocycles. The van der Waals surface area contributed by atoms with E-state index in [4.69, 9.17) is 32.4 Å². The zero-order valence-electron chi connectivity index (χ0n) is 13.0. The number of oxazole rings is 1. The van der Waals surface area contributed by atoms with Crippen molar-refractivity contribution in [2.24, 2.45) is 0 Å². The van der Waals surface area contributed by atoms with Crippen LogP contribution in [0.5, 0.6) is 0 Å². The summed E-state index contributed by atoms with van der Waals surface area (Å²) in [6.45, 7) is 5.03. The molecule has 1 aromatic heterocycles. The van der Waals surface area contributed by atoms with Gasteiger partial charge in [-0.2, -0.15) is 0 Å². The molecule has 1 aromatic carbocycles. The first-order chi connectivity index (χ1) is 10.5. The minimum absolute atomic E-state index is 0.0854. The molecule has 0 aliphatic heterocycles. The minimum Gasteiger partial charge on any atom is -0.444 e. The Labute approximate surface area is 140 Å². The second kappa shape index (κ2) is 7.97. The quantitative estimate of drug-likeness (QED) is 0.806. The van der Waals surface area contributed by atoms with E-state index >= 15 is 0 Å². The first-order valence-corrected chi connectivity index (χ1v) is 7.87. The summed E-state index contributed by atoms with van der Waals surface area (Å²) in [6, 6.07) is 5.74. The fourth-order valence-electron chi connectivity index (χ4n) is 2.18. The molecule has 120 valence electrons. The Hall–Kier alpha value is -1.07.